The second kappa shape index (κ2) is 10.4. The molecule has 1 aromatic carbocycles. The highest BCUT2D eigenvalue weighted by molar-refractivity contribution is 8.00. The molecule has 0 N–H and O–H groups in total. The Kier molecular flexibility index (Phi) is 7.31. The van der Waals surface area contributed by atoms with Crippen molar-refractivity contribution in [3.63, 3.8) is 0 Å². The molecular formula is C23H23N3O8S. The van der Waals surface area contributed by atoms with Gasteiger partial charge >= 0.3 is 17.9 Å². The van der Waals surface area contributed by atoms with Crippen molar-refractivity contribution in [2.75, 3.05) is 6.61 Å². The van der Waals surface area contributed by atoms with Crippen LogP contribution in [0.4, 0.5) is 0 Å². The number of benzene rings is 1. The molecule has 184 valence electrons. The Morgan fingerprint density at radius 3 is 2.37 bits per heavy atom. The lowest BCUT2D eigenvalue weighted by molar-refractivity contribution is -0.225. The first-order valence-electron chi connectivity index (χ1n) is 10.8. The maximum Gasteiger partial charge on any atom is 0.303 e. The van der Waals surface area contributed by atoms with Crippen LogP contribution < -0.4 is 5.56 Å². The topological polar surface area (TPSA) is 136 Å². The summed E-state index contributed by atoms with van der Waals surface area (Å²) < 4.78 is 23.6. The van der Waals surface area contributed by atoms with Gasteiger partial charge in [0.2, 0.25) is 0 Å². The van der Waals surface area contributed by atoms with E-state index in [0.717, 1.165) is 17.3 Å². The molecule has 12 heteroatoms. The van der Waals surface area contributed by atoms with Gasteiger partial charge in [-0.15, -0.1) is 0 Å². The minimum absolute atomic E-state index is 0.0881. The largest absolute Gasteiger partial charge is 0.463 e. The standard InChI is InChI=1S/C23H23N3O8S/c1-12(27)31-11-17-18(32-13(2)28)19(33-14(3)29)20-22(34-17)26-23(35-20)24-21(30)16(25-26)10-9-15-7-5-4-6-8-15/h4-10,17-20,22H,11H2,1-3H3/b10-9+/t17-,18-,19+,20+,22-/m1/s1. The monoisotopic (exact) mass is 501 g/mol. The summed E-state index contributed by atoms with van der Waals surface area (Å²) in [5, 5.41) is 4.07. The lowest BCUT2D eigenvalue weighted by atomic mass is 9.99. The number of esters is 3. The van der Waals surface area contributed by atoms with Gasteiger partial charge in [-0.3, -0.25) is 19.2 Å². The first-order valence-corrected chi connectivity index (χ1v) is 11.6. The summed E-state index contributed by atoms with van der Waals surface area (Å²) >= 11 is 1.13. The van der Waals surface area contributed by atoms with Crippen LogP contribution in [0.25, 0.3) is 12.2 Å². The first kappa shape index (κ1) is 24.6. The zero-order chi connectivity index (χ0) is 25.1. The lowest BCUT2D eigenvalue weighted by Gasteiger charge is -2.41. The van der Waals surface area contributed by atoms with Crippen LogP contribution in [0, 0.1) is 0 Å². The van der Waals surface area contributed by atoms with E-state index in [1.165, 1.54) is 25.5 Å². The molecule has 0 spiro atoms. The van der Waals surface area contributed by atoms with Gasteiger partial charge in [0.15, 0.2) is 29.3 Å². The fourth-order valence-electron chi connectivity index (χ4n) is 3.82. The first-order chi connectivity index (χ1) is 16.7. The summed E-state index contributed by atoms with van der Waals surface area (Å²) in [6.45, 7) is 3.43. The highest BCUT2D eigenvalue weighted by Crippen LogP contribution is 2.46. The van der Waals surface area contributed by atoms with Gasteiger partial charge < -0.3 is 18.9 Å². The molecule has 0 saturated carbocycles. The highest BCUT2D eigenvalue weighted by Gasteiger charge is 2.55. The number of carbonyl (C=O) groups is 3. The molecule has 1 fully saturated rings. The summed E-state index contributed by atoms with van der Waals surface area (Å²) in [6.07, 6.45) is -0.513. The maximum atomic E-state index is 12.6. The fraction of sp³-hybridized carbons (Fsp3) is 0.391. The SMILES string of the molecule is CC(=O)OC[C@H]1O[C@@H]2[C@@H](Sc3nc(=O)c(/C=C/c4ccccc4)nn32)[C@@H](OC(C)=O)[C@@H]1OC(C)=O. The van der Waals surface area contributed by atoms with Crippen LogP contribution in [0.5, 0.6) is 0 Å². The van der Waals surface area contributed by atoms with Crippen LogP contribution >= 0.6 is 11.8 Å². The summed E-state index contributed by atoms with van der Waals surface area (Å²) in [5.41, 5.74) is 0.428. The summed E-state index contributed by atoms with van der Waals surface area (Å²) in [4.78, 5) is 51.9. The van der Waals surface area contributed by atoms with E-state index in [1.54, 1.807) is 12.2 Å². The van der Waals surface area contributed by atoms with E-state index in [0.29, 0.717) is 0 Å². The number of ether oxygens (including phenoxy) is 4. The molecule has 4 rings (SSSR count). The third-order valence-corrected chi connectivity index (χ3v) is 6.47. The van der Waals surface area contributed by atoms with Gasteiger partial charge in [-0.05, 0) is 11.6 Å². The molecule has 35 heavy (non-hydrogen) atoms. The molecule has 11 nitrogen and oxygen atoms in total. The second-order valence-corrected chi connectivity index (χ2v) is 9.02. The van der Waals surface area contributed by atoms with Crippen LogP contribution in [0.2, 0.25) is 0 Å². The van der Waals surface area contributed by atoms with Crippen molar-refractivity contribution in [2.24, 2.45) is 0 Å². The Morgan fingerprint density at radius 1 is 1.03 bits per heavy atom. The van der Waals surface area contributed by atoms with Gasteiger partial charge in [0.05, 0.1) is 0 Å². The predicted molar refractivity (Wildman–Crippen MR) is 123 cm³/mol. The number of nitrogens with zero attached hydrogens (tertiary/aromatic N) is 3. The van der Waals surface area contributed by atoms with Crippen molar-refractivity contribution in [1.82, 2.24) is 14.8 Å². The Balaban J connectivity index is 1.70. The number of hydrogen-bond acceptors (Lipinski definition) is 11. The van der Waals surface area contributed by atoms with Crippen LogP contribution in [0.15, 0.2) is 40.3 Å². The van der Waals surface area contributed by atoms with Crippen molar-refractivity contribution in [3.8, 4) is 0 Å². The van der Waals surface area contributed by atoms with Crippen molar-refractivity contribution in [2.45, 2.75) is 55.7 Å². The third kappa shape index (κ3) is 5.60. The van der Waals surface area contributed by atoms with Crippen LogP contribution in [-0.2, 0) is 33.3 Å². The van der Waals surface area contributed by atoms with E-state index >= 15 is 0 Å². The molecular weight excluding hydrogens is 478 g/mol. The number of hydrogen-bond donors (Lipinski definition) is 0. The maximum absolute atomic E-state index is 12.6. The van der Waals surface area contributed by atoms with E-state index in [2.05, 4.69) is 10.1 Å². The van der Waals surface area contributed by atoms with Crippen LogP contribution in [0.3, 0.4) is 0 Å². The molecule has 5 atom stereocenters. The van der Waals surface area contributed by atoms with E-state index in [1.807, 2.05) is 30.3 Å². The van der Waals surface area contributed by atoms with Crippen molar-refractivity contribution < 1.29 is 33.3 Å². The van der Waals surface area contributed by atoms with E-state index in [9.17, 15) is 19.2 Å². The van der Waals surface area contributed by atoms with Crippen molar-refractivity contribution in [3.05, 3.63) is 51.9 Å². The highest BCUT2D eigenvalue weighted by atomic mass is 32.2. The molecule has 2 aliphatic rings. The number of aromatic nitrogens is 3. The second-order valence-electron chi connectivity index (χ2n) is 7.87. The normalized spacial score (nSPS) is 24.9. The van der Waals surface area contributed by atoms with Crippen LogP contribution in [-0.4, -0.2) is 62.8 Å². The van der Waals surface area contributed by atoms with Gasteiger partial charge in [0, 0.05) is 20.8 Å². The number of rotatable bonds is 6. The van der Waals surface area contributed by atoms with Crippen molar-refractivity contribution >= 4 is 41.8 Å². The average Bonchev–Trinajstić information content (AvgIpc) is 3.14. The Labute approximate surface area is 204 Å². The zero-order valence-electron chi connectivity index (χ0n) is 19.2. The van der Waals surface area contributed by atoms with Gasteiger partial charge in [0.25, 0.3) is 5.56 Å². The Morgan fingerprint density at radius 2 is 1.71 bits per heavy atom. The van der Waals surface area contributed by atoms with E-state index in [4.69, 9.17) is 18.9 Å². The Hall–Kier alpha value is -3.51. The zero-order valence-corrected chi connectivity index (χ0v) is 20.0. The number of thioether (sulfide) groups is 1. The smallest absolute Gasteiger partial charge is 0.303 e. The summed E-state index contributed by atoms with van der Waals surface area (Å²) in [7, 11) is 0. The Bertz CT molecular complexity index is 1210. The molecule has 0 bridgehead atoms. The third-order valence-electron chi connectivity index (χ3n) is 5.21. The summed E-state index contributed by atoms with van der Waals surface area (Å²) in [5.74, 6) is -1.78. The van der Waals surface area contributed by atoms with Gasteiger partial charge in [-0.2, -0.15) is 10.1 Å². The summed E-state index contributed by atoms with van der Waals surface area (Å²) in [6, 6.07) is 9.38. The van der Waals surface area contributed by atoms with E-state index in [-0.39, 0.29) is 17.5 Å². The minimum atomic E-state index is -1.05. The lowest BCUT2D eigenvalue weighted by Crippen LogP contribution is -2.57. The minimum Gasteiger partial charge on any atom is -0.463 e. The molecule has 0 aliphatic carbocycles. The van der Waals surface area contributed by atoms with Crippen LogP contribution in [0.1, 0.15) is 38.3 Å². The number of carbonyl (C=O) groups excluding carboxylic acids is 3. The molecule has 0 radical (unpaired) electrons. The molecule has 0 unspecified atom stereocenters. The molecule has 2 aliphatic heterocycles. The molecule has 0 amide bonds. The van der Waals surface area contributed by atoms with Gasteiger partial charge in [-0.25, -0.2) is 4.68 Å². The predicted octanol–water partition coefficient (Wildman–Crippen LogP) is 1.61. The fourth-order valence-corrected chi connectivity index (χ4v) is 5.09. The molecule has 1 saturated heterocycles. The average molecular weight is 502 g/mol. The van der Waals surface area contributed by atoms with Gasteiger partial charge in [0.1, 0.15) is 18.0 Å². The molecule has 1 aromatic heterocycles. The molecule has 2 aromatic rings. The van der Waals surface area contributed by atoms with E-state index < -0.39 is 53.3 Å². The number of fused-ring (bicyclic) bond motifs is 3. The van der Waals surface area contributed by atoms with Gasteiger partial charge in [-0.1, -0.05) is 48.2 Å². The molecule has 3 heterocycles. The quantitative estimate of drug-likeness (QED) is 0.422. The van der Waals surface area contributed by atoms with Crippen molar-refractivity contribution in [1.29, 1.82) is 0 Å².